The molecule has 6 rings (SSSR count). The van der Waals surface area contributed by atoms with E-state index in [9.17, 15) is 18.8 Å². The van der Waals surface area contributed by atoms with Crippen LogP contribution in [0.3, 0.4) is 0 Å². The third kappa shape index (κ3) is 4.66. The molecule has 3 aliphatic heterocycles. The maximum absolute atomic E-state index is 14.8. The van der Waals surface area contributed by atoms with Crippen LogP contribution in [-0.4, -0.2) is 46.4 Å². The molecule has 2 N–H and O–H groups in total. The van der Waals surface area contributed by atoms with Crippen LogP contribution >= 0.6 is 0 Å². The van der Waals surface area contributed by atoms with Crippen LogP contribution < -0.4 is 10.6 Å². The molecule has 4 aliphatic rings. The Morgan fingerprint density at radius 1 is 1.07 bits per heavy atom. The zero-order valence-corrected chi connectivity index (χ0v) is 24.0. The largest absolute Gasteiger partial charge is 0.359 e. The highest BCUT2D eigenvalue weighted by atomic mass is 19.1. The van der Waals surface area contributed by atoms with Gasteiger partial charge in [0.15, 0.2) is 0 Å². The molecule has 216 valence electrons. The SMILES string of the molecule is Cc1cc(C)cc(NC(=O)[C@@H]2[C@@H]3C=C[C@]4(O3)[C@@H]2C(=O)N(Cc2ccccc2F)[C@H]4C(=O)N[C@@H]2CCC[C@H](C)[C@H]2C)c1. The topological polar surface area (TPSA) is 87.7 Å². The lowest BCUT2D eigenvalue weighted by Gasteiger charge is -2.38. The van der Waals surface area contributed by atoms with Gasteiger partial charge in [-0.3, -0.25) is 14.4 Å². The Balaban J connectivity index is 1.34. The number of rotatable bonds is 6. The van der Waals surface area contributed by atoms with Crippen molar-refractivity contribution in [2.75, 3.05) is 5.32 Å². The average molecular weight is 560 g/mol. The van der Waals surface area contributed by atoms with E-state index in [2.05, 4.69) is 24.5 Å². The van der Waals surface area contributed by atoms with Crippen LogP contribution in [0, 0.1) is 43.3 Å². The number of hydrogen-bond donors (Lipinski definition) is 2. The molecular formula is C33H38FN3O4. The Labute approximate surface area is 240 Å². The van der Waals surface area contributed by atoms with E-state index >= 15 is 0 Å². The third-order valence-corrected chi connectivity index (χ3v) is 9.75. The lowest BCUT2D eigenvalue weighted by Crippen LogP contribution is -2.57. The van der Waals surface area contributed by atoms with E-state index in [-0.39, 0.29) is 36.2 Å². The van der Waals surface area contributed by atoms with Crippen molar-refractivity contribution in [1.29, 1.82) is 0 Å². The van der Waals surface area contributed by atoms with E-state index in [4.69, 9.17) is 4.74 Å². The average Bonchev–Trinajstić information content (AvgIpc) is 3.55. The lowest BCUT2D eigenvalue weighted by molar-refractivity contribution is -0.142. The van der Waals surface area contributed by atoms with Crippen LogP contribution in [0.25, 0.3) is 0 Å². The summed E-state index contributed by atoms with van der Waals surface area (Å²) < 4.78 is 21.3. The number of anilines is 1. The first-order valence-electron chi connectivity index (χ1n) is 14.7. The molecule has 41 heavy (non-hydrogen) atoms. The molecule has 0 radical (unpaired) electrons. The molecule has 0 aromatic heterocycles. The molecule has 1 aliphatic carbocycles. The zero-order valence-electron chi connectivity index (χ0n) is 24.0. The van der Waals surface area contributed by atoms with Gasteiger partial charge in [0, 0.05) is 23.8 Å². The number of amides is 3. The van der Waals surface area contributed by atoms with Crippen molar-refractivity contribution in [2.24, 2.45) is 23.7 Å². The van der Waals surface area contributed by atoms with Gasteiger partial charge in [-0.15, -0.1) is 0 Å². The molecule has 3 heterocycles. The second-order valence-electron chi connectivity index (χ2n) is 12.5. The highest BCUT2D eigenvalue weighted by molar-refractivity contribution is 6.02. The third-order valence-electron chi connectivity index (χ3n) is 9.75. The van der Waals surface area contributed by atoms with E-state index in [1.54, 1.807) is 30.4 Å². The molecule has 2 saturated heterocycles. The highest BCUT2D eigenvalue weighted by Crippen LogP contribution is 2.55. The number of fused-ring (bicyclic) bond motifs is 1. The quantitative estimate of drug-likeness (QED) is 0.504. The first-order chi connectivity index (χ1) is 19.6. The van der Waals surface area contributed by atoms with E-state index in [0.717, 1.165) is 30.4 Å². The minimum atomic E-state index is -1.30. The minimum absolute atomic E-state index is 0.0293. The molecule has 3 amide bonds. The van der Waals surface area contributed by atoms with Crippen molar-refractivity contribution in [1.82, 2.24) is 10.2 Å². The summed E-state index contributed by atoms with van der Waals surface area (Å²) in [6, 6.07) is 11.0. The van der Waals surface area contributed by atoms with Crippen LogP contribution in [-0.2, 0) is 25.7 Å². The van der Waals surface area contributed by atoms with Crippen LogP contribution in [0.5, 0.6) is 0 Å². The first kappa shape index (κ1) is 27.6. The van der Waals surface area contributed by atoms with Crippen LogP contribution in [0.15, 0.2) is 54.6 Å². The van der Waals surface area contributed by atoms with Gasteiger partial charge in [-0.1, -0.05) is 63.1 Å². The van der Waals surface area contributed by atoms with Gasteiger partial charge in [0.1, 0.15) is 17.5 Å². The lowest BCUT2D eigenvalue weighted by atomic mass is 9.73. The minimum Gasteiger partial charge on any atom is -0.359 e. The summed E-state index contributed by atoms with van der Waals surface area (Å²) in [4.78, 5) is 43.5. The van der Waals surface area contributed by atoms with Gasteiger partial charge in [0.2, 0.25) is 17.7 Å². The van der Waals surface area contributed by atoms with Gasteiger partial charge in [-0.05, 0) is 61.4 Å². The summed E-state index contributed by atoms with van der Waals surface area (Å²) in [6.45, 7) is 8.17. The van der Waals surface area contributed by atoms with Crippen molar-refractivity contribution in [3.05, 3.63) is 77.1 Å². The molecule has 2 aromatic carbocycles. The molecule has 8 atom stereocenters. The zero-order chi connectivity index (χ0) is 29.1. The maximum atomic E-state index is 14.8. The van der Waals surface area contributed by atoms with Crippen molar-refractivity contribution in [2.45, 2.75) is 77.3 Å². The van der Waals surface area contributed by atoms with Gasteiger partial charge in [0.25, 0.3) is 0 Å². The predicted molar refractivity (Wildman–Crippen MR) is 153 cm³/mol. The fourth-order valence-corrected chi connectivity index (χ4v) is 7.57. The van der Waals surface area contributed by atoms with Crippen LogP contribution in [0.2, 0.25) is 0 Å². The van der Waals surface area contributed by atoms with Gasteiger partial charge in [-0.25, -0.2) is 4.39 Å². The van der Waals surface area contributed by atoms with E-state index in [1.807, 2.05) is 32.0 Å². The Bertz CT molecular complexity index is 1400. The van der Waals surface area contributed by atoms with Gasteiger partial charge in [0.05, 0.1) is 17.9 Å². The molecule has 2 bridgehead atoms. The molecule has 1 saturated carbocycles. The molecular weight excluding hydrogens is 521 g/mol. The Hall–Kier alpha value is -3.52. The summed E-state index contributed by atoms with van der Waals surface area (Å²) in [5.41, 5.74) is 1.68. The molecule has 8 heteroatoms. The second kappa shape index (κ2) is 10.4. The van der Waals surface area contributed by atoms with Gasteiger partial charge >= 0.3 is 0 Å². The molecule has 0 unspecified atom stereocenters. The van der Waals surface area contributed by atoms with Gasteiger partial charge < -0.3 is 20.3 Å². The number of ether oxygens (including phenoxy) is 1. The number of halogens is 1. The summed E-state index contributed by atoms with van der Waals surface area (Å²) in [6.07, 6.45) is 5.96. The molecule has 1 spiro atoms. The van der Waals surface area contributed by atoms with Crippen molar-refractivity contribution in [3.8, 4) is 0 Å². The number of nitrogens with one attached hydrogen (secondary N) is 2. The monoisotopic (exact) mass is 559 g/mol. The summed E-state index contributed by atoms with van der Waals surface area (Å²) in [5, 5.41) is 6.23. The molecule has 2 aromatic rings. The number of nitrogens with zero attached hydrogens (tertiary/aromatic N) is 1. The highest BCUT2D eigenvalue weighted by Gasteiger charge is 2.72. The predicted octanol–water partition coefficient (Wildman–Crippen LogP) is 4.67. The Morgan fingerprint density at radius 2 is 1.80 bits per heavy atom. The summed E-state index contributed by atoms with van der Waals surface area (Å²) in [7, 11) is 0. The second-order valence-corrected chi connectivity index (χ2v) is 12.5. The van der Waals surface area contributed by atoms with Crippen molar-refractivity contribution >= 4 is 23.4 Å². The van der Waals surface area contributed by atoms with E-state index < -0.39 is 35.4 Å². The standard InChI is InChI=1S/C33H38FN3O4/c1-18-14-19(2)16-23(15-18)35-30(38)27-26-12-13-33(41-26)28(27)32(40)37(17-22-9-5-6-10-24(22)34)29(33)31(39)36-25-11-7-8-20(3)21(25)4/h5-6,9-10,12-16,20-21,25-29H,7-8,11,17H2,1-4H3,(H,35,38)(H,36,39)/t20-,21+,25+,26-,27+,28-,29-,33-/m0/s1. The number of carbonyl (C=O) groups is 3. The summed E-state index contributed by atoms with van der Waals surface area (Å²) >= 11 is 0. The van der Waals surface area contributed by atoms with Crippen LogP contribution in [0.4, 0.5) is 10.1 Å². The van der Waals surface area contributed by atoms with E-state index in [0.29, 0.717) is 17.2 Å². The number of benzene rings is 2. The molecule has 7 nitrogen and oxygen atoms in total. The Morgan fingerprint density at radius 3 is 2.54 bits per heavy atom. The maximum Gasteiger partial charge on any atom is 0.246 e. The fourth-order valence-electron chi connectivity index (χ4n) is 7.57. The normalized spacial score (nSPS) is 33.6. The fraction of sp³-hybridized carbons (Fsp3) is 0.485. The van der Waals surface area contributed by atoms with Gasteiger partial charge in [-0.2, -0.15) is 0 Å². The number of carbonyl (C=O) groups excluding carboxylic acids is 3. The summed E-state index contributed by atoms with van der Waals surface area (Å²) in [5.74, 6) is -2.42. The van der Waals surface area contributed by atoms with E-state index in [1.165, 1.54) is 11.0 Å². The smallest absolute Gasteiger partial charge is 0.246 e. The van der Waals surface area contributed by atoms with Crippen LogP contribution in [0.1, 0.15) is 49.8 Å². The van der Waals surface area contributed by atoms with Crippen molar-refractivity contribution < 1.29 is 23.5 Å². The Kier molecular flexibility index (Phi) is 7.00. The number of hydrogen-bond acceptors (Lipinski definition) is 4. The van der Waals surface area contributed by atoms with Crippen molar-refractivity contribution in [3.63, 3.8) is 0 Å². The number of likely N-dealkylation sites (tertiary alicyclic amines) is 1. The first-order valence-corrected chi connectivity index (χ1v) is 14.7. The number of aryl methyl sites for hydroxylation is 2. The molecule has 3 fully saturated rings.